The van der Waals surface area contributed by atoms with Crippen molar-refractivity contribution in [1.82, 2.24) is 5.32 Å². The van der Waals surface area contributed by atoms with Crippen molar-refractivity contribution in [3.63, 3.8) is 0 Å². The first-order valence-electron chi connectivity index (χ1n) is 6.72. The van der Waals surface area contributed by atoms with Crippen molar-refractivity contribution in [2.75, 3.05) is 4.90 Å². The van der Waals surface area contributed by atoms with Gasteiger partial charge in [0.1, 0.15) is 5.66 Å². The van der Waals surface area contributed by atoms with Gasteiger partial charge in [0.05, 0.1) is 5.69 Å². The summed E-state index contributed by atoms with van der Waals surface area (Å²) < 4.78 is 39.6. The molecule has 2 N–H and O–H groups in total. The van der Waals surface area contributed by atoms with Gasteiger partial charge >= 0.3 is 6.18 Å². The molecule has 0 bridgehead atoms. The van der Waals surface area contributed by atoms with Crippen LogP contribution in [0.5, 0.6) is 0 Å². The number of hydrogen-bond acceptors (Lipinski definition) is 3. The van der Waals surface area contributed by atoms with Crippen molar-refractivity contribution in [2.24, 2.45) is 0 Å². The summed E-state index contributed by atoms with van der Waals surface area (Å²) in [6, 6.07) is 6.79. The van der Waals surface area contributed by atoms with Crippen molar-refractivity contribution in [3.05, 3.63) is 29.8 Å². The third-order valence-corrected chi connectivity index (χ3v) is 4.43. The molecule has 1 amide bonds. The maximum Gasteiger partial charge on any atom is 0.426 e. The lowest BCUT2D eigenvalue weighted by Crippen LogP contribution is -2.59. The van der Waals surface area contributed by atoms with Gasteiger partial charge in [-0.2, -0.15) is 13.2 Å². The molecular formula is C14H15F3N2O2. The first-order valence-corrected chi connectivity index (χ1v) is 6.72. The van der Waals surface area contributed by atoms with Crippen molar-refractivity contribution < 1.29 is 23.1 Å². The monoisotopic (exact) mass is 300 g/mol. The minimum Gasteiger partial charge on any atom is -0.373 e. The number of fused-ring (bicyclic) bond motifs is 3. The Kier molecular flexibility index (Phi) is 2.87. The van der Waals surface area contributed by atoms with Gasteiger partial charge in [0, 0.05) is 13.0 Å². The molecule has 3 rings (SSSR count). The molecule has 2 aliphatic rings. The first kappa shape index (κ1) is 14.3. The molecule has 1 aromatic rings. The Hall–Kier alpha value is -1.60. The van der Waals surface area contributed by atoms with Crippen LogP contribution in [-0.2, 0) is 11.3 Å². The quantitative estimate of drug-likeness (QED) is 0.833. The third kappa shape index (κ3) is 1.74. The molecule has 21 heavy (non-hydrogen) atoms. The average molecular weight is 300 g/mol. The van der Waals surface area contributed by atoms with E-state index in [1.54, 1.807) is 31.2 Å². The SMILES string of the molecule is CCC12CC(O)(C(F)(F)F)C(=O)N1c1ccccc1CN2. The molecule has 2 atom stereocenters. The van der Waals surface area contributed by atoms with E-state index in [0.717, 1.165) is 10.5 Å². The van der Waals surface area contributed by atoms with E-state index < -0.39 is 29.8 Å². The van der Waals surface area contributed by atoms with Gasteiger partial charge in [-0.3, -0.25) is 15.0 Å². The highest BCUT2D eigenvalue weighted by Crippen LogP contribution is 2.50. The number of carbonyl (C=O) groups is 1. The number of nitrogens with zero attached hydrogens (tertiary/aromatic N) is 1. The van der Waals surface area contributed by atoms with Gasteiger partial charge in [0.25, 0.3) is 5.91 Å². The molecule has 0 spiro atoms. The number of benzene rings is 1. The zero-order valence-corrected chi connectivity index (χ0v) is 11.4. The normalized spacial score (nSPS) is 32.0. The number of aliphatic hydroxyl groups is 1. The van der Waals surface area contributed by atoms with Crippen LogP contribution >= 0.6 is 0 Å². The van der Waals surface area contributed by atoms with Crippen LogP contribution in [0.25, 0.3) is 0 Å². The highest BCUT2D eigenvalue weighted by atomic mass is 19.4. The first-order chi connectivity index (χ1) is 9.75. The minimum absolute atomic E-state index is 0.269. The molecule has 1 fully saturated rings. The summed E-state index contributed by atoms with van der Waals surface area (Å²) in [6.07, 6.45) is -5.43. The summed E-state index contributed by atoms with van der Waals surface area (Å²) in [4.78, 5) is 13.4. The van der Waals surface area contributed by atoms with Crippen LogP contribution in [0.15, 0.2) is 24.3 Å². The summed E-state index contributed by atoms with van der Waals surface area (Å²) in [5.74, 6) is -1.31. The topological polar surface area (TPSA) is 52.6 Å². The summed E-state index contributed by atoms with van der Waals surface area (Å²) in [5, 5.41) is 13.0. The van der Waals surface area contributed by atoms with E-state index in [-0.39, 0.29) is 6.42 Å². The highest BCUT2D eigenvalue weighted by Gasteiger charge is 2.71. The van der Waals surface area contributed by atoms with E-state index in [1.807, 2.05) is 0 Å². The number of carbonyl (C=O) groups excluding carboxylic acids is 1. The van der Waals surface area contributed by atoms with Crippen LogP contribution in [-0.4, -0.2) is 28.5 Å². The van der Waals surface area contributed by atoms with E-state index in [9.17, 15) is 23.1 Å². The lowest BCUT2D eigenvalue weighted by molar-refractivity contribution is -0.248. The second-order valence-corrected chi connectivity index (χ2v) is 5.54. The van der Waals surface area contributed by atoms with Gasteiger partial charge in [0.2, 0.25) is 5.60 Å². The number of alkyl halides is 3. The number of hydrogen-bond donors (Lipinski definition) is 2. The van der Waals surface area contributed by atoms with Gasteiger partial charge in [-0.05, 0) is 18.1 Å². The standard InChI is InChI=1S/C14H15F3N2O2/c1-2-12-8-13(21,14(15,16)17)11(20)19(12)10-6-4-3-5-9(10)7-18-12/h3-6,18,21H,2,7-8H2,1H3. The van der Waals surface area contributed by atoms with Crippen LogP contribution < -0.4 is 10.2 Å². The largest absolute Gasteiger partial charge is 0.426 e. The summed E-state index contributed by atoms with van der Waals surface area (Å²) in [6.45, 7) is 2.06. The molecule has 1 saturated heterocycles. The second kappa shape index (κ2) is 4.20. The van der Waals surface area contributed by atoms with E-state index in [4.69, 9.17) is 0 Å². The van der Waals surface area contributed by atoms with Crippen LogP contribution in [0, 0.1) is 0 Å². The molecule has 2 heterocycles. The molecule has 0 aliphatic carbocycles. The van der Waals surface area contributed by atoms with E-state index in [1.165, 1.54) is 0 Å². The van der Waals surface area contributed by atoms with E-state index >= 15 is 0 Å². The third-order valence-electron chi connectivity index (χ3n) is 4.43. The Bertz CT molecular complexity index is 604. The zero-order valence-electron chi connectivity index (χ0n) is 11.4. The maximum atomic E-state index is 13.2. The smallest absolute Gasteiger partial charge is 0.373 e. The number of halogens is 3. The van der Waals surface area contributed by atoms with Crippen LogP contribution in [0.4, 0.5) is 18.9 Å². The summed E-state index contributed by atoms with van der Waals surface area (Å²) in [5.41, 5.74) is -3.37. The predicted molar refractivity (Wildman–Crippen MR) is 69.4 cm³/mol. The average Bonchev–Trinajstić information content (AvgIpc) is 2.69. The number of para-hydroxylation sites is 1. The number of anilines is 1. The van der Waals surface area contributed by atoms with Gasteiger partial charge < -0.3 is 5.11 Å². The zero-order chi connectivity index (χ0) is 15.5. The Morgan fingerprint density at radius 1 is 1.38 bits per heavy atom. The molecular weight excluding hydrogens is 285 g/mol. The fourth-order valence-corrected chi connectivity index (χ4v) is 3.21. The molecule has 2 unspecified atom stereocenters. The Balaban J connectivity index is 2.17. The summed E-state index contributed by atoms with van der Waals surface area (Å²) >= 11 is 0. The number of nitrogens with one attached hydrogen (secondary N) is 1. The van der Waals surface area contributed by atoms with Crippen molar-refractivity contribution in [3.8, 4) is 0 Å². The van der Waals surface area contributed by atoms with E-state index in [0.29, 0.717) is 12.2 Å². The molecule has 7 heteroatoms. The van der Waals surface area contributed by atoms with Crippen LogP contribution in [0.1, 0.15) is 25.3 Å². The van der Waals surface area contributed by atoms with Crippen molar-refractivity contribution in [2.45, 2.75) is 43.8 Å². The molecule has 2 aliphatic heterocycles. The lowest BCUT2D eigenvalue weighted by Gasteiger charge is -2.43. The molecule has 114 valence electrons. The molecule has 1 aromatic carbocycles. The highest BCUT2D eigenvalue weighted by molar-refractivity contribution is 6.05. The van der Waals surface area contributed by atoms with Gasteiger partial charge in [-0.1, -0.05) is 25.1 Å². The lowest BCUT2D eigenvalue weighted by atomic mass is 9.92. The molecule has 4 nitrogen and oxygen atoms in total. The Morgan fingerprint density at radius 3 is 2.67 bits per heavy atom. The van der Waals surface area contributed by atoms with Crippen molar-refractivity contribution in [1.29, 1.82) is 0 Å². The second-order valence-electron chi connectivity index (χ2n) is 5.54. The fourth-order valence-electron chi connectivity index (χ4n) is 3.21. The minimum atomic E-state index is -5.00. The van der Waals surface area contributed by atoms with Crippen LogP contribution in [0.3, 0.4) is 0 Å². The van der Waals surface area contributed by atoms with Gasteiger partial charge in [-0.15, -0.1) is 0 Å². The summed E-state index contributed by atoms with van der Waals surface area (Å²) in [7, 11) is 0. The molecule has 0 radical (unpaired) electrons. The Morgan fingerprint density at radius 2 is 2.05 bits per heavy atom. The fraction of sp³-hybridized carbons (Fsp3) is 0.500. The van der Waals surface area contributed by atoms with Gasteiger partial charge in [-0.25, -0.2) is 0 Å². The molecule has 0 saturated carbocycles. The number of amides is 1. The van der Waals surface area contributed by atoms with Crippen LogP contribution in [0.2, 0.25) is 0 Å². The Labute approximate surface area is 119 Å². The predicted octanol–water partition coefficient (Wildman–Crippen LogP) is 1.93. The molecule has 0 aromatic heterocycles. The maximum absolute atomic E-state index is 13.2. The number of rotatable bonds is 1. The van der Waals surface area contributed by atoms with E-state index in [2.05, 4.69) is 5.32 Å². The van der Waals surface area contributed by atoms with Gasteiger partial charge in [0.15, 0.2) is 0 Å². The van der Waals surface area contributed by atoms with Crippen molar-refractivity contribution >= 4 is 11.6 Å².